The van der Waals surface area contributed by atoms with Gasteiger partial charge in [-0.1, -0.05) is 49.2 Å². The minimum absolute atomic E-state index is 0.0372. The number of nitrogens with zero attached hydrogens (tertiary/aromatic N) is 1. The SMILES string of the molecule is [2H]C([2H])([2H])Oc1cc(F)c(C([2H])(C)C)cc1-c1ccc(C)cc1C([2H])([2H])N1C(=O)O[C@H](c2cc(C)cc(C(F)(F)F)c2)[C@@H]1C. The van der Waals surface area contributed by atoms with Crippen molar-refractivity contribution in [3.05, 3.63) is 87.7 Å². The largest absolute Gasteiger partial charge is 0.496 e. The highest BCUT2D eigenvalue weighted by molar-refractivity contribution is 5.76. The van der Waals surface area contributed by atoms with Gasteiger partial charge in [0.05, 0.1) is 32.0 Å². The van der Waals surface area contributed by atoms with Crippen molar-refractivity contribution >= 4 is 6.09 Å². The van der Waals surface area contributed by atoms with E-state index in [-0.39, 0.29) is 33.4 Å². The molecule has 0 saturated carbocycles. The van der Waals surface area contributed by atoms with Crippen molar-refractivity contribution in [2.45, 2.75) is 65.3 Å². The first kappa shape index (κ1) is 20.4. The second-order valence-electron chi connectivity index (χ2n) is 9.64. The molecule has 2 atom stereocenters. The molecular weight excluding hydrogens is 498 g/mol. The lowest BCUT2D eigenvalue weighted by Gasteiger charge is -2.24. The van der Waals surface area contributed by atoms with Crippen molar-refractivity contribution in [1.82, 2.24) is 4.90 Å². The van der Waals surface area contributed by atoms with E-state index in [1.54, 1.807) is 13.0 Å². The lowest BCUT2D eigenvalue weighted by molar-refractivity contribution is -0.137. The summed E-state index contributed by atoms with van der Waals surface area (Å²) in [7, 11) is -3.01. The zero-order valence-electron chi connectivity index (χ0n) is 27.5. The fraction of sp³-hybridized carbons (Fsp3) is 0.367. The molecule has 38 heavy (non-hydrogen) atoms. The van der Waals surface area contributed by atoms with E-state index in [9.17, 15) is 18.0 Å². The van der Waals surface area contributed by atoms with Crippen LogP contribution in [0.25, 0.3) is 11.1 Å². The van der Waals surface area contributed by atoms with Crippen molar-refractivity contribution in [2.24, 2.45) is 0 Å². The second kappa shape index (κ2) is 10.3. The molecule has 1 amide bonds. The van der Waals surface area contributed by atoms with Gasteiger partial charge in [0, 0.05) is 13.0 Å². The number of carbonyl (C=O) groups excluding carboxylic acids is 1. The summed E-state index contributed by atoms with van der Waals surface area (Å²) in [5.41, 5.74) is -0.333. The topological polar surface area (TPSA) is 38.8 Å². The molecule has 3 aromatic carbocycles. The number of halogens is 4. The van der Waals surface area contributed by atoms with E-state index in [0.29, 0.717) is 5.56 Å². The van der Waals surface area contributed by atoms with Crippen LogP contribution < -0.4 is 4.74 Å². The zero-order valence-corrected chi connectivity index (χ0v) is 21.5. The van der Waals surface area contributed by atoms with Crippen LogP contribution in [0.2, 0.25) is 0 Å². The molecule has 0 N–H and O–H groups in total. The Hall–Kier alpha value is -3.55. The van der Waals surface area contributed by atoms with E-state index in [4.69, 9.17) is 17.7 Å². The molecule has 8 heteroatoms. The molecule has 0 aromatic heterocycles. The van der Waals surface area contributed by atoms with Crippen molar-refractivity contribution in [2.75, 3.05) is 7.04 Å². The van der Waals surface area contributed by atoms with E-state index < -0.39 is 61.0 Å². The Labute approximate surface area is 228 Å². The van der Waals surface area contributed by atoms with Crippen LogP contribution in [-0.4, -0.2) is 24.1 Å². The van der Waals surface area contributed by atoms with E-state index in [1.165, 1.54) is 52.0 Å². The maximum Gasteiger partial charge on any atom is 0.416 e. The van der Waals surface area contributed by atoms with Crippen LogP contribution in [0.3, 0.4) is 0 Å². The number of aryl methyl sites for hydroxylation is 2. The number of amides is 1. The molecule has 0 radical (unpaired) electrons. The van der Waals surface area contributed by atoms with Crippen LogP contribution in [0, 0.1) is 19.7 Å². The fourth-order valence-electron chi connectivity index (χ4n) is 4.55. The third-order valence-corrected chi connectivity index (χ3v) is 6.45. The summed E-state index contributed by atoms with van der Waals surface area (Å²) in [6.07, 6.45) is -7.03. The highest BCUT2D eigenvalue weighted by Crippen LogP contribution is 2.40. The third-order valence-electron chi connectivity index (χ3n) is 6.45. The Balaban J connectivity index is 1.88. The summed E-state index contributed by atoms with van der Waals surface area (Å²) < 4.78 is 116. The van der Waals surface area contributed by atoms with Crippen LogP contribution in [-0.2, 0) is 17.4 Å². The lowest BCUT2D eigenvalue weighted by Crippen LogP contribution is -2.31. The van der Waals surface area contributed by atoms with Gasteiger partial charge in [-0.15, -0.1) is 0 Å². The number of hydrogen-bond acceptors (Lipinski definition) is 3. The Kier molecular flexibility index (Phi) is 5.54. The number of carbonyl (C=O) groups is 1. The Morgan fingerprint density at radius 1 is 1.11 bits per heavy atom. The summed E-state index contributed by atoms with van der Waals surface area (Å²) in [6.45, 7) is 4.74. The van der Waals surface area contributed by atoms with Crippen molar-refractivity contribution in [1.29, 1.82) is 0 Å². The molecule has 0 bridgehead atoms. The van der Waals surface area contributed by atoms with E-state index >= 15 is 4.39 Å². The molecule has 3 aromatic rings. The summed E-state index contributed by atoms with van der Waals surface area (Å²) in [5, 5.41) is 0. The molecule has 1 saturated heterocycles. The molecule has 202 valence electrons. The average molecular weight is 536 g/mol. The molecule has 0 spiro atoms. The van der Waals surface area contributed by atoms with Crippen molar-refractivity contribution in [3.8, 4) is 16.9 Å². The molecule has 1 aliphatic rings. The van der Waals surface area contributed by atoms with Gasteiger partial charge in [0.15, 0.2) is 0 Å². The van der Waals surface area contributed by atoms with Gasteiger partial charge in [0.25, 0.3) is 0 Å². The number of benzene rings is 3. The minimum Gasteiger partial charge on any atom is -0.496 e. The summed E-state index contributed by atoms with van der Waals surface area (Å²) in [6, 6.07) is 8.68. The first-order chi connectivity index (χ1) is 20.0. The van der Waals surface area contributed by atoms with Gasteiger partial charge in [-0.25, -0.2) is 9.18 Å². The maximum atomic E-state index is 15.1. The Morgan fingerprint density at radius 2 is 1.84 bits per heavy atom. The smallest absolute Gasteiger partial charge is 0.416 e. The van der Waals surface area contributed by atoms with Gasteiger partial charge in [0.2, 0.25) is 0 Å². The van der Waals surface area contributed by atoms with Gasteiger partial charge < -0.3 is 9.47 Å². The van der Waals surface area contributed by atoms with Crippen LogP contribution >= 0.6 is 0 Å². The molecular formula is C30H31F4NO3. The number of alkyl halides is 3. The summed E-state index contributed by atoms with van der Waals surface area (Å²) >= 11 is 0. The number of methoxy groups -OCH3 is 1. The highest BCUT2D eigenvalue weighted by atomic mass is 19.4. The fourth-order valence-corrected chi connectivity index (χ4v) is 4.55. The van der Waals surface area contributed by atoms with Crippen molar-refractivity contribution < 1.29 is 40.1 Å². The number of hydrogen-bond donors (Lipinski definition) is 0. The van der Waals surface area contributed by atoms with Gasteiger partial charge >= 0.3 is 12.3 Å². The molecule has 0 aliphatic carbocycles. The molecule has 0 unspecified atom stereocenters. The van der Waals surface area contributed by atoms with Gasteiger partial charge in [-0.2, -0.15) is 13.2 Å². The quantitative estimate of drug-likeness (QED) is 0.298. The van der Waals surface area contributed by atoms with Crippen LogP contribution in [0.5, 0.6) is 5.75 Å². The first-order valence-corrected chi connectivity index (χ1v) is 11.8. The predicted molar refractivity (Wildman–Crippen MR) is 138 cm³/mol. The van der Waals surface area contributed by atoms with Crippen LogP contribution in [0.1, 0.15) is 74.4 Å². The van der Waals surface area contributed by atoms with E-state index in [0.717, 1.165) is 23.1 Å². The third kappa shape index (κ3) is 5.35. The number of ether oxygens (including phenoxy) is 2. The molecule has 4 nitrogen and oxygen atoms in total. The standard InChI is InChI=1S/C30H31F4NO3/c1-16(2)24-13-25(27(37-6)14-26(24)31)23-8-7-17(3)9-21(23)15-35-19(5)28(38-29(35)36)20-10-18(4)11-22(12-20)30(32,33)34/h7-14,16,19,28H,15H2,1-6H3/t19-,28-/m0/s1/i6D3,15D2,16D. The zero-order chi connectivity index (χ0) is 33.2. The lowest BCUT2D eigenvalue weighted by atomic mass is 9.92. The number of rotatable bonds is 6. The average Bonchev–Trinajstić information content (AvgIpc) is 3.16. The molecule has 4 rings (SSSR count). The van der Waals surface area contributed by atoms with Gasteiger partial charge in [-0.3, -0.25) is 4.90 Å². The normalized spacial score (nSPS) is 21.1. The molecule has 1 aliphatic heterocycles. The first-order valence-electron chi connectivity index (χ1n) is 14.8. The second-order valence-corrected chi connectivity index (χ2v) is 9.64. The van der Waals surface area contributed by atoms with E-state index in [2.05, 4.69) is 0 Å². The maximum absolute atomic E-state index is 15.1. The monoisotopic (exact) mass is 535 g/mol. The van der Waals surface area contributed by atoms with Gasteiger partial charge in [0.1, 0.15) is 17.7 Å². The Morgan fingerprint density at radius 3 is 2.50 bits per heavy atom. The van der Waals surface area contributed by atoms with Crippen molar-refractivity contribution in [3.63, 3.8) is 0 Å². The Bertz CT molecular complexity index is 1600. The molecule has 1 fully saturated rings. The minimum atomic E-state index is -4.66. The van der Waals surface area contributed by atoms with Crippen LogP contribution in [0.4, 0.5) is 22.4 Å². The number of cyclic esters (lactones) is 1. The molecule has 1 heterocycles. The van der Waals surface area contributed by atoms with E-state index in [1.807, 2.05) is 0 Å². The van der Waals surface area contributed by atoms with Gasteiger partial charge in [-0.05, 0) is 67.1 Å². The van der Waals surface area contributed by atoms with Crippen LogP contribution in [0.15, 0.2) is 48.5 Å². The predicted octanol–water partition coefficient (Wildman–Crippen LogP) is 8.34. The summed E-state index contributed by atoms with van der Waals surface area (Å²) in [4.78, 5) is 14.0. The highest BCUT2D eigenvalue weighted by Gasteiger charge is 2.41. The summed E-state index contributed by atoms with van der Waals surface area (Å²) in [5.74, 6) is -2.82.